The fraction of sp³-hybridized carbons (Fsp3) is 0.167. The molecule has 0 radical (unpaired) electrons. The lowest BCUT2D eigenvalue weighted by molar-refractivity contribution is 0.0588. The van der Waals surface area contributed by atoms with Gasteiger partial charge in [-0.15, -0.1) is 0 Å². The molecule has 0 bridgehead atoms. The van der Waals surface area contributed by atoms with Crippen LogP contribution in [-0.4, -0.2) is 30.2 Å². The lowest BCUT2D eigenvalue weighted by atomic mass is 10.1. The van der Waals surface area contributed by atoms with Gasteiger partial charge in [-0.3, -0.25) is 0 Å². The number of benzene rings is 1. The van der Waals surface area contributed by atoms with Crippen LogP contribution in [0.5, 0.6) is 5.75 Å². The molecule has 0 unspecified atom stereocenters. The number of aromatic amines is 1. The molecular weight excluding hydrogens is 239 g/mol. The van der Waals surface area contributed by atoms with Gasteiger partial charge in [0.15, 0.2) is 0 Å². The molecule has 1 aromatic heterocycles. The number of carbonyl (C=O) groups is 1. The predicted molar refractivity (Wildman–Crippen MR) is 61.9 cm³/mol. The summed E-state index contributed by atoms with van der Waals surface area (Å²) in [7, 11) is 2.74. The third-order valence-corrected chi connectivity index (χ3v) is 2.41. The second-order valence-electron chi connectivity index (χ2n) is 3.48. The fourth-order valence-electron chi connectivity index (χ4n) is 1.55. The SMILES string of the molecule is COC(=O)c1ncc(-c2cc(F)ccc2OC)[nH]1. The molecule has 0 saturated heterocycles. The van der Waals surface area contributed by atoms with Crippen molar-refractivity contribution in [3.63, 3.8) is 0 Å². The Bertz CT molecular complexity index is 580. The summed E-state index contributed by atoms with van der Waals surface area (Å²) in [6, 6.07) is 4.09. The van der Waals surface area contributed by atoms with Gasteiger partial charge >= 0.3 is 5.97 Å². The summed E-state index contributed by atoms with van der Waals surface area (Å²) in [5.41, 5.74) is 0.965. The number of H-pyrrole nitrogens is 1. The van der Waals surface area contributed by atoms with Crippen molar-refractivity contribution in [3.8, 4) is 17.0 Å². The molecule has 6 heteroatoms. The molecule has 0 spiro atoms. The van der Waals surface area contributed by atoms with Crippen molar-refractivity contribution in [1.29, 1.82) is 0 Å². The van der Waals surface area contributed by atoms with Crippen LogP contribution < -0.4 is 4.74 Å². The van der Waals surface area contributed by atoms with Crippen molar-refractivity contribution >= 4 is 5.97 Å². The Balaban J connectivity index is 2.45. The van der Waals surface area contributed by atoms with Gasteiger partial charge in [0, 0.05) is 5.56 Å². The first-order chi connectivity index (χ1) is 8.65. The Morgan fingerprint density at radius 2 is 2.17 bits per heavy atom. The van der Waals surface area contributed by atoms with Crippen molar-refractivity contribution < 1.29 is 18.7 Å². The van der Waals surface area contributed by atoms with Crippen LogP contribution in [-0.2, 0) is 4.74 Å². The molecule has 2 rings (SSSR count). The molecule has 0 aliphatic rings. The number of imidazole rings is 1. The number of ether oxygens (including phenoxy) is 2. The van der Waals surface area contributed by atoms with Crippen molar-refractivity contribution in [1.82, 2.24) is 9.97 Å². The molecule has 1 aromatic carbocycles. The zero-order valence-electron chi connectivity index (χ0n) is 9.86. The molecule has 1 heterocycles. The van der Waals surface area contributed by atoms with Crippen molar-refractivity contribution in [2.75, 3.05) is 14.2 Å². The van der Waals surface area contributed by atoms with E-state index in [0.717, 1.165) is 0 Å². The number of nitrogens with one attached hydrogen (secondary N) is 1. The maximum Gasteiger partial charge on any atom is 0.374 e. The summed E-state index contributed by atoms with van der Waals surface area (Å²) in [5, 5.41) is 0. The van der Waals surface area contributed by atoms with Crippen LogP contribution in [0, 0.1) is 5.82 Å². The smallest absolute Gasteiger partial charge is 0.374 e. The molecular formula is C12H11FN2O3. The number of methoxy groups -OCH3 is 2. The minimum atomic E-state index is -0.586. The highest BCUT2D eigenvalue weighted by atomic mass is 19.1. The van der Waals surface area contributed by atoms with Gasteiger partial charge in [0.1, 0.15) is 11.6 Å². The number of rotatable bonds is 3. The zero-order chi connectivity index (χ0) is 13.1. The normalized spacial score (nSPS) is 10.2. The number of hydrogen-bond acceptors (Lipinski definition) is 4. The topological polar surface area (TPSA) is 64.2 Å². The van der Waals surface area contributed by atoms with E-state index in [1.807, 2.05) is 0 Å². The average molecular weight is 250 g/mol. The highest BCUT2D eigenvalue weighted by Gasteiger charge is 2.14. The van der Waals surface area contributed by atoms with Crippen LogP contribution in [0.15, 0.2) is 24.4 Å². The molecule has 2 aromatic rings. The second-order valence-corrected chi connectivity index (χ2v) is 3.48. The van der Waals surface area contributed by atoms with Crippen LogP contribution in [0.4, 0.5) is 4.39 Å². The Labute approximate surface area is 103 Å². The molecule has 0 fully saturated rings. The summed E-state index contributed by atoms with van der Waals surface area (Å²) >= 11 is 0. The summed E-state index contributed by atoms with van der Waals surface area (Å²) in [6.07, 6.45) is 1.42. The van der Waals surface area contributed by atoms with Gasteiger partial charge in [-0.2, -0.15) is 0 Å². The molecule has 1 N–H and O–H groups in total. The summed E-state index contributed by atoms with van der Waals surface area (Å²) in [4.78, 5) is 17.9. The van der Waals surface area contributed by atoms with Gasteiger partial charge in [0.05, 0.1) is 26.1 Å². The fourth-order valence-corrected chi connectivity index (χ4v) is 1.55. The van der Waals surface area contributed by atoms with Gasteiger partial charge in [0.25, 0.3) is 0 Å². The minimum Gasteiger partial charge on any atom is -0.496 e. The highest BCUT2D eigenvalue weighted by molar-refractivity contribution is 5.86. The Kier molecular flexibility index (Phi) is 3.27. The van der Waals surface area contributed by atoms with E-state index >= 15 is 0 Å². The lowest BCUT2D eigenvalue weighted by Crippen LogP contribution is -2.03. The van der Waals surface area contributed by atoms with Gasteiger partial charge < -0.3 is 14.5 Å². The minimum absolute atomic E-state index is 0.0545. The van der Waals surface area contributed by atoms with Crippen LogP contribution in [0.2, 0.25) is 0 Å². The molecule has 0 aliphatic carbocycles. The number of nitrogens with zero attached hydrogens (tertiary/aromatic N) is 1. The van der Waals surface area contributed by atoms with E-state index in [0.29, 0.717) is 17.0 Å². The van der Waals surface area contributed by atoms with E-state index in [1.165, 1.54) is 38.6 Å². The van der Waals surface area contributed by atoms with Crippen LogP contribution >= 0.6 is 0 Å². The summed E-state index contributed by atoms with van der Waals surface area (Å²) in [5.74, 6) is -0.452. The third-order valence-electron chi connectivity index (χ3n) is 2.41. The predicted octanol–water partition coefficient (Wildman–Crippen LogP) is 2.01. The van der Waals surface area contributed by atoms with Gasteiger partial charge in [-0.25, -0.2) is 14.2 Å². The molecule has 18 heavy (non-hydrogen) atoms. The van der Waals surface area contributed by atoms with E-state index < -0.39 is 11.8 Å². The Hall–Kier alpha value is -2.37. The molecule has 0 atom stereocenters. The third kappa shape index (κ3) is 2.17. The average Bonchev–Trinajstić information content (AvgIpc) is 2.87. The van der Waals surface area contributed by atoms with Gasteiger partial charge in [-0.05, 0) is 18.2 Å². The molecule has 0 saturated carbocycles. The van der Waals surface area contributed by atoms with Gasteiger partial charge in [-0.1, -0.05) is 0 Å². The van der Waals surface area contributed by atoms with Crippen molar-refractivity contribution in [2.24, 2.45) is 0 Å². The van der Waals surface area contributed by atoms with Crippen molar-refractivity contribution in [2.45, 2.75) is 0 Å². The molecule has 94 valence electrons. The largest absolute Gasteiger partial charge is 0.496 e. The van der Waals surface area contributed by atoms with Crippen LogP contribution in [0.3, 0.4) is 0 Å². The van der Waals surface area contributed by atoms with E-state index in [4.69, 9.17) is 4.74 Å². The van der Waals surface area contributed by atoms with E-state index in [2.05, 4.69) is 14.7 Å². The number of halogens is 1. The maximum atomic E-state index is 13.2. The first-order valence-corrected chi connectivity index (χ1v) is 5.13. The second kappa shape index (κ2) is 4.87. The molecule has 5 nitrogen and oxygen atoms in total. The number of aromatic nitrogens is 2. The van der Waals surface area contributed by atoms with Crippen LogP contribution in [0.1, 0.15) is 10.6 Å². The van der Waals surface area contributed by atoms with E-state index in [-0.39, 0.29) is 5.82 Å². The monoisotopic (exact) mass is 250 g/mol. The quantitative estimate of drug-likeness (QED) is 0.846. The number of carbonyl (C=O) groups excluding carboxylic acids is 1. The summed E-state index contributed by atoms with van der Waals surface area (Å²) < 4.78 is 22.9. The first-order valence-electron chi connectivity index (χ1n) is 5.13. The Morgan fingerprint density at radius 3 is 2.83 bits per heavy atom. The molecule has 0 aliphatic heterocycles. The Morgan fingerprint density at radius 1 is 1.39 bits per heavy atom. The lowest BCUT2D eigenvalue weighted by Gasteiger charge is -2.06. The summed E-state index contributed by atoms with van der Waals surface area (Å²) in [6.45, 7) is 0. The number of hydrogen-bond donors (Lipinski definition) is 1. The maximum absolute atomic E-state index is 13.2. The van der Waals surface area contributed by atoms with Crippen molar-refractivity contribution in [3.05, 3.63) is 36.0 Å². The zero-order valence-corrected chi connectivity index (χ0v) is 9.86. The standard InChI is InChI=1S/C12H11FN2O3/c1-17-10-4-3-7(13)5-8(10)9-6-14-11(15-9)12(16)18-2/h3-6H,1-2H3,(H,14,15). The molecule has 0 amide bonds. The van der Waals surface area contributed by atoms with E-state index in [1.54, 1.807) is 0 Å². The first kappa shape index (κ1) is 12.1. The van der Waals surface area contributed by atoms with Crippen LogP contribution in [0.25, 0.3) is 11.3 Å². The van der Waals surface area contributed by atoms with Gasteiger partial charge in [0.2, 0.25) is 5.82 Å². The van der Waals surface area contributed by atoms with E-state index in [9.17, 15) is 9.18 Å². The highest BCUT2D eigenvalue weighted by Crippen LogP contribution is 2.29. The number of esters is 1.